The molecule has 0 bridgehead atoms. The molecule has 4 nitrogen and oxygen atoms in total. The van der Waals surface area contributed by atoms with E-state index >= 15 is 0 Å². The zero-order valence-electron chi connectivity index (χ0n) is 12.7. The van der Waals surface area contributed by atoms with Crippen molar-refractivity contribution in [1.29, 1.82) is 0 Å². The first-order valence-electron chi connectivity index (χ1n) is 7.32. The van der Waals surface area contributed by atoms with Gasteiger partial charge in [0, 0.05) is 23.2 Å². The molecule has 7 heteroatoms. The molecule has 1 N–H and O–H groups in total. The molecule has 24 heavy (non-hydrogen) atoms. The topological polar surface area (TPSA) is 46.4 Å². The van der Waals surface area contributed by atoms with E-state index in [1.54, 1.807) is 24.0 Å². The van der Waals surface area contributed by atoms with Crippen LogP contribution in [0.15, 0.2) is 48.8 Å². The predicted molar refractivity (Wildman–Crippen MR) is 99.7 cm³/mol. The van der Waals surface area contributed by atoms with Crippen LogP contribution in [0.1, 0.15) is 11.3 Å². The third-order valence-electron chi connectivity index (χ3n) is 3.35. The Morgan fingerprint density at radius 1 is 1.08 bits per heavy atom. The Morgan fingerprint density at radius 2 is 1.83 bits per heavy atom. The van der Waals surface area contributed by atoms with Gasteiger partial charge in [-0.3, -0.25) is 4.79 Å². The number of hydrogen-bond acceptors (Lipinski definition) is 3. The van der Waals surface area contributed by atoms with E-state index in [0.29, 0.717) is 17.3 Å². The third kappa shape index (κ3) is 4.66. The SMILES string of the molecule is O=C(CSCc1ccc(Cl)cc1)NCc1cn2cc(Cl)ccc2n1. The zero-order chi connectivity index (χ0) is 16.9. The van der Waals surface area contributed by atoms with Gasteiger partial charge in [0.05, 0.1) is 23.0 Å². The van der Waals surface area contributed by atoms with Crippen molar-refractivity contribution in [1.82, 2.24) is 14.7 Å². The Hall–Kier alpha value is -1.69. The maximum absolute atomic E-state index is 11.9. The van der Waals surface area contributed by atoms with Gasteiger partial charge in [0.2, 0.25) is 5.91 Å². The number of fused-ring (bicyclic) bond motifs is 1. The molecule has 0 aliphatic heterocycles. The summed E-state index contributed by atoms with van der Waals surface area (Å²) >= 11 is 13.4. The lowest BCUT2D eigenvalue weighted by Crippen LogP contribution is -2.24. The van der Waals surface area contributed by atoms with Crippen LogP contribution in [0.5, 0.6) is 0 Å². The van der Waals surface area contributed by atoms with Crippen molar-refractivity contribution in [2.24, 2.45) is 0 Å². The number of pyridine rings is 1. The lowest BCUT2D eigenvalue weighted by atomic mass is 10.2. The van der Waals surface area contributed by atoms with E-state index in [-0.39, 0.29) is 5.91 Å². The van der Waals surface area contributed by atoms with Crippen molar-refractivity contribution >= 4 is 46.5 Å². The fraction of sp³-hybridized carbons (Fsp3) is 0.176. The smallest absolute Gasteiger partial charge is 0.230 e. The standard InChI is InChI=1S/C17H15Cl2N3OS/c18-13-3-1-12(2-4-13)10-24-11-17(23)20-7-15-9-22-8-14(19)5-6-16(22)21-15/h1-6,8-9H,7,10-11H2,(H,20,23). The second-order valence-corrected chi connectivity index (χ2v) is 7.10. The number of aromatic nitrogens is 2. The quantitative estimate of drug-likeness (QED) is 0.698. The Morgan fingerprint density at radius 3 is 2.62 bits per heavy atom. The van der Waals surface area contributed by atoms with Crippen LogP contribution in [0.2, 0.25) is 10.0 Å². The molecular formula is C17H15Cl2N3OS. The lowest BCUT2D eigenvalue weighted by Gasteiger charge is -2.04. The molecule has 2 heterocycles. The first-order valence-corrected chi connectivity index (χ1v) is 9.23. The third-order valence-corrected chi connectivity index (χ3v) is 4.83. The number of nitrogens with zero attached hydrogens (tertiary/aromatic N) is 2. The highest BCUT2D eigenvalue weighted by atomic mass is 35.5. The molecule has 0 atom stereocenters. The van der Waals surface area contributed by atoms with Crippen molar-refractivity contribution in [2.45, 2.75) is 12.3 Å². The van der Waals surface area contributed by atoms with Gasteiger partial charge in [0.25, 0.3) is 0 Å². The second-order valence-electron chi connectivity index (χ2n) is 5.24. The number of nitrogens with one attached hydrogen (secondary N) is 1. The molecule has 0 fully saturated rings. The lowest BCUT2D eigenvalue weighted by molar-refractivity contribution is -0.118. The molecule has 3 aromatic rings. The van der Waals surface area contributed by atoms with Crippen molar-refractivity contribution in [3.63, 3.8) is 0 Å². The molecule has 1 amide bonds. The van der Waals surface area contributed by atoms with E-state index in [0.717, 1.165) is 27.7 Å². The molecular weight excluding hydrogens is 365 g/mol. The maximum atomic E-state index is 11.9. The fourth-order valence-electron chi connectivity index (χ4n) is 2.18. The molecule has 0 aliphatic rings. The van der Waals surface area contributed by atoms with Gasteiger partial charge in [-0.05, 0) is 29.8 Å². The number of carbonyl (C=O) groups is 1. The summed E-state index contributed by atoms with van der Waals surface area (Å²) < 4.78 is 1.85. The van der Waals surface area contributed by atoms with Crippen molar-refractivity contribution in [3.05, 3.63) is 70.1 Å². The summed E-state index contributed by atoms with van der Waals surface area (Å²) in [6.07, 6.45) is 3.65. The molecule has 2 aromatic heterocycles. The number of imidazole rings is 1. The van der Waals surface area contributed by atoms with E-state index in [1.807, 2.05) is 40.9 Å². The summed E-state index contributed by atoms with van der Waals surface area (Å²) in [5, 5.41) is 4.25. The van der Waals surface area contributed by atoms with E-state index in [4.69, 9.17) is 23.2 Å². The number of amides is 1. The van der Waals surface area contributed by atoms with Gasteiger partial charge in [-0.15, -0.1) is 11.8 Å². The van der Waals surface area contributed by atoms with E-state index < -0.39 is 0 Å². The van der Waals surface area contributed by atoms with Crippen LogP contribution >= 0.6 is 35.0 Å². The van der Waals surface area contributed by atoms with E-state index in [9.17, 15) is 4.79 Å². The Labute approximate surface area is 154 Å². The van der Waals surface area contributed by atoms with Gasteiger partial charge in [0.15, 0.2) is 0 Å². The molecule has 0 radical (unpaired) electrons. The summed E-state index contributed by atoms with van der Waals surface area (Å²) in [4.78, 5) is 16.4. The number of halogens is 2. The van der Waals surface area contributed by atoms with Crippen molar-refractivity contribution < 1.29 is 4.79 Å². The van der Waals surface area contributed by atoms with Gasteiger partial charge in [-0.25, -0.2) is 4.98 Å². The fourth-order valence-corrected chi connectivity index (χ4v) is 3.30. The minimum absolute atomic E-state index is 0.0101. The first-order chi connectivity index (χ1) is 11.6. The van der Waals surface area contributed by atoms with Gasteiger partial charge in [0.1, 0.15) is 5.65 Å². The van der Waals surface area contributed by atoms with Crippen LogP contribution in [0, 0.1) is 0 Å². The molecule has 0 saturated heterocycles. The normalized spacial score (nSPS) is 10.9. The monoisotopic (exact) mass is 379 g/mol. The average molecular weight is 380 g/mol. The molecule has 0 spiro atoms. The summed E-state index contributed by atoms with van der Waals surface area (Å²) in [7, 11) is 0. The van der Waals surface area contributed by atoms with Crippen LogP contribution in [-0.4, -0.2) is 21.0 Å². The predicted octanol–water partition coefficient (Wildman–Crippen LogP) is 4.19. The number of benzene rings is 1. The molecule has 1 aromatic carbocycles. The van der Waals surface area contributed by atoms with Gasteiger partial charge in [-0.1, -0.05) is 35.3 Å². The zero-order valence-corrected chi connectivity index (χ0v) is 15.0. The summed E-state index contributed by atoms with van der Waals surface area (Å²) in [5.41, 5.74) is 2.75. The largest absolute Gasteiger partial charge is 0.350 e. The Balaban J connectivity index is 1.45. The number of thioether (sulfide) groups is 1. The highest BCUT2D eigenvalue weighted by Gasteiger charge is 2.06. The van der Waals surface area contributed by atoms with Crippen LogP contribution in [-0.2, 0) is 17.1 Å². The van der Waals surface area contributed by atoms with Crippen molar-refractivity contribution in [2.75, 3.05) is 5.75 Å². The minimum atomic E-state index is -0.0101. The summed E-state index contributed by atoms with van der Waals surface area (Å²) in [6.45, 7) is 0.402. The molecule has 0 aliphatic carbocycles. The Bertz CT molecular complexity index is 849. The second kappa shape index (κ2) is 7.92. The maximum Gasteiger partial charge on any atom is 0.230 e. The summed E-state index contributed by atoms with van der Waals surface area (Å²) in [5.74, 6) is 1.17. The minimum Gasteiger partial charge on any atom is -0.350 e. The van der Waals surface area contributed by atoms with Crippen LogP contribution in [0.25, 0.3) is 5.65 Å². The molecule has 0 unspecified atom stereocenters. The highest BCUT2D eigenvalue weighted by Crippen LogP contribution is 2.15. The van der Waals surface area contributed by atoms with Crippen LogP contribution in [0.4, 0.5) is 0 Å². The Kier molecular flexibility index (Phi) is 5.66. The van der Waals surface area contributed by atoms with Crippen molar-refractivity contribution in [3.8, 4) is 0 Å². The highest BCUT2D eigenvalue weighted by molar-refractivity contribution is 7.99. The molecule has 0 saturated carbocycles. The van der Waals surface area contributed by atoms with E-state index in [1.165, 1.54) is 0 Å². The van der Waals surface area contributed by atoms with Gasteiger partial charge in [-0.2, -0.15) is 0 Å². The molecule has 3 rings (SSSR count). The van der Waals surface area contributed by atoms with Gasteiger partial charge >= 0.3 is 0 Å². The number of hydrogen-bond donors (Lipinski definition) is 1. The number of rotatable bonds is 6. The number of carbonyl (C=O) groups excluding carboxylic acids is 1. The van der Waals surface area contributed by atoms with E-state index in [2.05, 4.69) is 10.3 Å². The summed E-state index contributed by atoms with van der Waals surface area (Å²) in [6, 6.07) is 11.3. The average Bonchev–Trinajstić information content (AvgIpc) is 2.97. The molecule has 124 valence electrons. The van der Waals surface area contributed by atoms with Gasteiger partial charge < -0.3 is 9.72 Å². The van der Waals surface area contributed by atoms with Crippen LogP contribution < -0.4 is 5.32 Å². The van der Waals surface area contributed by atoms with Crippen LogP contribution in [0.3, 0.4) is 0 Å². The first kappa shape index (κ1) is 17.1.